The molecule has 0 heterocycles. The highest BCUT2D eigenvalue weighted by Gasteiger charge is 2.17. The lowest BCUT2D eigenvalue weighted by atomic mass is 9.99. The number of hydrogen-bond acceptors (Lipinski definition) is 4. The van der Waals surface area contributed by atoms with Crippen molar-refractivity contribution < 1.29 is 19.1 Å². The molecule has 2 aromatic rings. The third kappa shape index (κ3) is 6.52. The zero-order chi connectivity index (χ0) is 21.4. The molecule has 156 valence electrons. The minimum absolute atomic E-state index is 0.199. The molecular weight excluding hydrogens is 368 g/mol. The van der Waals surface area contributed by atoms with Gasteiger partial charge in [0, 0.05) is 0 Å². The van der Waals surface area contributed by atoms with Gasteiger partial charge in [-0.1, -0.05) is 44.2 Å². The Morgan fingerprint density at radius 3 is 2.17 bits per heavy atom. The van der Waals surface area contributed by atoms with Crippen LogP contribution in [0.15, 0.2) is 42.5 Å². The van der Waals surface area contributed by atoms with E-state index in [4.69, 9.17) is 9.47 Å². The molecule has 0 aliphatic heterocycles. The van der Waals surface area contributed by atoms with Crippen LogP contribution in [0.5, 0.6) is 11.5 Å². The quantitative estimate of drug-likeness (QED) is 0.663. The minimum Gasteiger partial charge on any atom is -0.484 e. The summed E-state index contributed by atoms with van der Waals surface area (Å²) in [7, 11) is 0. The first-order chi connectivity index (χ1) is 13.8. The molecule has 0 saturated carbocycles. The Hall–Kier alpha value is -3.02. The van der Waals surface area contributed by atoms with Crippen LogP contribution < -0.4 is 20.3 Å². The van der Waals surface area contributed by atoms with Gasteiger partial charge >= 0.3 is 0 Å². The molecule has 6 heteroatoms. The zero-order valence-electron chi connectivity index (χ0n) is 17.7. The molecule has 0 spiro atoms. The number of carbonyl (C=O) groups is 2. The smallest absolute Gasteiger partial charge is 0.279 e. The lowest BCUT2D eigenvalue weighted by Gasteiger charge is -2.18. The summed E-state index contributed by atoms with van der Waals surface area (Å²) in [6.07, 6.45) is 0.303. The number of rotatable bonds is 8. The topological polar surface area (TPSA) is 76.7 Å². The maximum Gasteiger partial charge on any atom is 0.279 e. The van der Waals surface area contributed by atoms with Crippen molar-refractivity contribution in [3.63, 3.8) is 0 Å². The van der Waals surface area contributed by atoms with Crippen LogP contribution in [-0.2, 0) is 9.59 Å². The van der Waals surface area contributed by atoms with E-state index < -0.39 is 17.9 Å². The summed E-state index contributed by atoms with van der Waals surface area (Å²) in [5, 5.41) is 0. The average Bonchev–Trinajstić information content (AvgIpc) is 2.72. The number of ether oxygens (including phenoxy) is 2. The van der Waals surface area contributed by atoms with Gasteiger partial charge < -0.3 is 9.47 Å². The molecular formula is C23H30N2O4. The number of benzene rings is 2. The Kier molecular flexibility index (Phi) is 8.07. The highest BCUT2D eigenvalue weighted by molar-refractivity contribution is 5.85. The van der Waals surface area contributed by atoms with Crippen LogP contribution in [-0.4, -0.2) is 24.5 Å². The summed E-state index contributed by atoms with van der Waals surface area (Å²) in [6, 6.07) is 13.4. The van der Waals surface area contributed by atoms with E-state index in [1.807, 2.05) is 56.3 Å². The van der Waals surface area contributed by atoms with Crippen molar-refractivity contribution >= 4 is 11.8 Å². The van der Waals surface area contributed by atoms with Gasteiger partial charge in [-0.2, -0.15) is 0 Å². The van der Waals surface area contributed by atoms with Crippen LogP contribution in [0.2, 0.25) is 0 Å². The molecule has 0 bridgehead atoms. The maximum atomic E-state index is 12.2. The van der Waals surface area contributed by atoms with Crippen molar-refractivity contribution in [3.05, 3.63) is 59.2 Å². The fourth-order valence-electron chi connectivity index (χ4n) is 2.76. The molecule has 0 saturated heterocycles. The molecule has 6 nitrogen and oxygen atoms in total. The predicted octanol–water partition coefficient (Wildman–Crippen LogP) is 3.81. The second-order valence-electron chi connectivity index (χ2n) is 7.19. The van der Waals surface area contributed by atoms with Gasteiger partial charge in [0.05, 0.1) is 0 Å². The van der Waals surface area contributed by atoms with Crippen LogP contribution in [0.4, 0.5) is 0 Å². The van der Waals surface area contributed by atoms with Crippen molar-refractivity contribution in [2.75, 3.05) is 6.61 Å². The zero-order valence-corrected chi connectivity index (χ0v) is 17.7. The summed E-state index contributed by atoms with van der Waals surface area (Å²) in [5.74, 6) is 0.855. The maximum absolute atomic E-state index is 12.2. The fourth-order valence-corrected chi connectivity index (χ4v) is 2.76. The van der Waals surface area contributed by atoms with Crippen LogP contribution in [0.25, 0.3) is 0 Å². The van der Waals surface area contributed by atoms with Gasteiger partial charge in [-0.3, -0.25) is 20.4 Å². The highest BCUT2D eigenvalue weighted by Crippen LogP contribution is 2.23. The second-order valence-corrected chi connectivity index (χ2v) is 7.19. The van der Waals surface area contributed by atoms with Crippen LogP contribution in [0.1, 0.15) is 49.8 Å². The Bertz CT molecular complexity index is 813. The summed E-state index contributed by atoms with van der Waals surface area (Å²) >= 11 is 0. The minimum atomic E-state index is -0.760. The van der Waals surface area contributed by atoms with E-state index in [-0.39, 0.29) is 6.61 Å². The van der Waals surface area contributed by atoms with Gasteiger partial charge in [-0.15, -0.1) is 0 Å². The largest absolute Gasteiger partial charge is 0.484 e. The molecule has 2 unspecified atom stereocenters. The SMILES string of the molecule is CCC(C)c1ccc(OCC(=O)NNC(=O)C(C)Oc2c(C)cccc2C)cc1. The summed E-state index contributed by atoms with van der Waals surface area (Å²) < 4.78 is 11.2. The molecule has 0 aliphatic carbocycles. The number of hydrogen-bond donors (Lipinski definition) is 2. The third-order valence-electron chi connectivity index (χ3n) is 4.83. The first-order valence-corrected chi connectivity index (χ1v) is 9.86. The van der Waals surface area contributed by atoms with Crippen molar-refractivity contribution in [1.29, 1.82) is 0 Å². The number of amides is 2. The van der Waals surface area contributed by atoms with E-state index in [0.717, 1.165) is 17.5 Å². The molecule has 2 atom stereocenters. The molecule has 0 aromatic heterocycles. The molecule has 29 heavy (non-hydrogen) atoms. The molecule has 2 rings (SSSR count). The molecule has 0 radical (unpaired) electrons. The first-order valence-electron chi connectivity index (χ1n) is 9.86. The Morgan fingerprint density at radius 2 is 1.59 bits per heavy atom. The van der Waals surface area contributed by atoms with Gasteiger partial charge in [0.1, 0.15) is 11.5 Å². The Balaban J connectivity index is 1.77. The van der Waals surface area contributed by atoms with Gasteiger partial charge in [0.25, 0.3) is 11.8 Å². The van der Waals surface area contributed by atoms with E-state index in [1.54, 1.807) is 6.92 Å². The van der Waals surface area contributed by atoms with E-state index in [1.165, 1.54) is 5.56 Å². The lowest BCUT2D eigenvalue weighted by molar-refractivity contribution is -0.133. The first kappa shape index (κ1) is 22.3. The standard InChI is InChI=1S/C23H30N2O4/c1-6-15(2)19-10-12-20(13-11-19)28-14-21(26)24-25-23(27)18(5)29-22-16(3)8-7-9-17(22)4/h7-13,15,18H,6,14H2,1-5H3,(H,24,26)(H,25,27). The highest BCUT2D eigenvalue weighted by atomic mass is 16.5. The summed E-state index contributed by atoms with van der Waals surface area (Å²) in [6.45, 7) is 9.57. The number of nitrogens with one attached hydrogen (secondary N) is 2. The predicted molar refractivity (Wildman–Crippen MR) is 113 cm³/mol. The van der Waals surface area contributed by atoms with Crippen LogP contribution in [0.3, 0.4) is 0 Å². The monoisotopic (exact) mass is 398 g/mol. The molecule has 0 fully saturated rings. The van der Waals surface area contributed by atoms with Crippen molar-refractivity contribution in [2.45, 2.75) is 53.1 Å². The Morgan fingerprint density at radius 1 is 0.966 bits per heavy atom. The van der Waals surface area contributed by atoms with E-state index >= 15 is 0 Å². The van der Waals surface area contributed by atoms with Gasteiger partial charge in [0.15, 0.2) is 12.7 Å². The normalized spacial score (nSPS) is 12.6. The van der Waals surface area contributed by atoms with Crippen LogP contribution in [0, 0.1) is 13.8 Å². The molecule has 2 aromatic carbocycles. The van der Waals surface area contributed by atoms with Crippen molar-refractivity contribution in [3.8, 4) is 11.5 Å². The van der Waals surface area contributed by atoms with Crippen molar-refractivity contribution in [2.24, 2.45) is 0 Å². The van der Waals surface area contributed by atoms with E-state index in [2.05, 4.69) is 24.7 Å². The number of carbonyl (C=O) groups excluding carboxylic acids is 2. The number of hydrazine groups is 1. The molecule has 2 amide bonds. The third-order valence-corrected chi connectivity index (χ3v) is 4.83. The lowest BCUT2D eigenvalue weighted by Crippen LogP contribution is -2.48. The van der Waals surface area contributed by atoms with Gasteiger partial charge in [-0.25, -0.2) is 0 Å². The Labute approximate surface area is 172 Å². The number of aryl methyl sites for hydroxylation is 2. The van der Waals surface area contributed by atoms with E-state index in [9.17, 15) is 9.59 Å². The van der Waals surface area contributed by atoms with Crippen molar-refractivity contribution in [1.82, 2.24) is 10.9 Å². The second kappa shape index (κ2) is 10.5. The van der Waals surface area contributed by atoms with Gasteiger partial charge in [0.2, 0.25) is 0 Å². The number of para-hydroxylation sites is 1. The summed E-state index contributed by atoms with van der Waals surface area (Å²) in [5.41, 5.74) is 7.83. The molecule has 0 aliphatic rings. The van der Waals surface area contributed by atoms with Crippen LogP contribution >= 0.6 is 0 Å². The van der Waals surface area contributed by atoms with Gasteiger partial charge in [-0.05, 0) is 61.9 Å². The average molecular weight is 399 g/mol. The van der Waals surface area contributed by atoms with E-state index in [0.29, 0.717) is 17.4 Å². The fraction of sp³-hybridized carbons (Fsp3) is 0.391. The molecule has 2 N–H and O–H groups in total. The summed E-state index contributed by atoms with van der Waals surface area (Å²) in [4.78, 5) is 24.1.